The first-order valence-corrected chi connectivity index (χ1v) is 6.52. The summed E-state index contributed by atoms with van der Waals surface area (Å²) in [5.74, 6) is 0. The fourth-order valence-corrected chi connectivity index (χ4v) is 3.07. The molecule has 2 rings (SSSR count). The molecule has 0 radical (unpaired) electrons. The maximum Gasteiger partial charge on any atom is 0.0571 e. The van der Waals surface area contributed by atoms with Crippen LogP contribution >= 0.6 is 38.9 Å². The third-order valence-corrected chi connectivity index (χ3v) is 4.21. The van der Waals surface area contributed by atoms with E-state index in [1.165, 1.54) is 0 Å². The van der Waals surface area contributed by atoms with E-state index in [0.717, 1.165) is 20.6 Å². The number of rotatable bonds is 2. The van der Waals surface area contributed by atoms with Crippen molar-refractivity contribution >= 4 is 38.9 Å². The van der Waals surface area contributed by atoms with Crippen molar-refractivity contribution in [1.82, 2.24) is 0 Å². The highest BCUT2D eigenvalue weighted by molar-refractivity contribution is 9.10. The normalized spacial score (nSPS) is 12.7. The van der Waals surface area contributed by atoms with Crippen LogP contribution in [0.4, 0.5) is 0 Å². The standard InChI is InChI=1S/C11H9BrClNS/c12-10-6-15-5-9(10)11(14)7-1-3-8(13)4-2-7/h1-6,11H,14H2. The van der Waals surface area contributed by atoms with Gasteiger partial charge >= 0.3 is 0 Å². The molecule has 1 aromatic carbocycles. The van der Waals surface area contributed by atoms with Gasteiger partial charge in [0.1, 0.15) is 0 Å². The van der Waals surface area contributed by atoms with Gasteiger partial charge in [-0.25, -0.2) is 0 Å². The summed E-state index contributed by atoms with van der Waals surface area (Å²) in [5.41, 5.74) is 8.33. The van der Waals surface area contributed by atoms with Gasteiger partial charge in [-0.2, -0.15) is 11.3 Å². The van der Waals surface area contributed by atoms with Gasteiger partial charge in [-0.1, -0.05) is 23.7 Å². The molecule has 2 N–H and O–H groups in total. The van der Waals surface area contributed by atoms with Crippen molar-refractivity contribution in [3.8, 4) is 0 Å². The fraction of sp³-hybridized carbons (Fsp3) is 0.0909. The van der Waals surface area contributed by atoms with Crippen LogP contribution in [0.5, 0.6) is 0 Å². The number of halogens is 2. The average Bonchev–Trinajstić information content (AvgIpc) is 2.65. The topological polar surface area (TPSA) is 26.0 Å². The van der Waals surface area contributed by atoms with Crippen LogP contribution < -0.4 is 5.73 Å². The monoisotopic (exact) mass is 301 g/mol. The van der Waals surface area contributed by atoms with Crippen molar-refractivity contribution in [3.05, 3.63) is 55.6 Å². The third kappa shape index (κ3) is 2.42. The highest BCUT2D eigenvalue weighted by Gasteiger charge is 2.12. The Morgan fingerprint density at radius 2 is 1.87 bits per heavy atom. The van der Waals surface area contributed by atoms with Crippen molar-refractivity contribution in [3.63, 3.8) is 0 Å². The van der Waals surface area contributed by atoms with Gasteiger partial charge in [0.25, 0.3) is 0 Å². The third-order valence-electron chi connectivity index (χ3n) is 2.21. The van der Waals surface area contributed by atoms with Gasteiger partial charge in [0.15, 0.2) is 0 Å². The van der Waals surface area contributed by atoms with E-state index in [-0.39, 0.29) is 6.04 Å². The Balaban J connectivity index is 2.32. The molecule has 15 heavy (non-hydrogen) atoms. The molecule has 1 aromatic heterocycles. The lowest BCUT2D eigenvalue weighted by atomic mass is 10.0. The first kappa shape index (κ1) is 11.1. The minimum Gasteiger partial charge on any atom is -0.320 e. The second kappa shape index (κ2) is 4.66. The van der Waals surface area contributed by atoms with Gasteiger partial charge in [0.2, 0.25) is 0 Å². The number of benzene rings is 1. The van der Waals surface area contributed by atoms with Crippen LogP contribution in [0.15, 0.2) is 39.5 Å². The zero-order valence-corrected chi connectivity index (χ0v) is 10.9. The molecule has 0 aliphatic heterocycles. The average molecular weight is 303 g/mol. The van der Waals surface area contributed by atoms with Gasteiger partial charge in [-0.3, -0.25) is 0 Å². The second-order valence-electron chi connectivity index (χ2n) is 3.20. The van der Waals surface area contributed by atoms with Crippen molar-refractivity contribution in [2.75, 3.05) is 0 Å². The van der Waals surface area contributed by atoms with E-state index >= 15 is 0 Å². The van der Waals surface area contributed by atoms with Gasteiger partial charge in [-0.15, -0.1) is 0 Å². The van der Waals surface area contributed by atoms with Crippen molar-refractivity contribution in [2.24, 2.45) is 5.73 Å². The maximum absolute atomic E-state index is 6.15. The van der Waals surface area contributed by atoms with E-state index in [2.05, 4.69) is 21.3 Å². The molecule has 0 fully saturated rings. The van der Waals surface area contributed by atoms with Crippen LogP contribution in [0.3, 0.4) is 0 Å². The van der Waals surface area contributed by atoms with Gasteiger partial charge in [0, 0.05) is 14.9 Å². The lowest BCUT2D eigenvalue weighted by Crippen LogP contribution is -2.11. The highest BCUT2D eigenvalue weighted by Crippen LogP contribution is 2.30. The predicted octanol–water partition coefficient (Wildman–Crippen LogP) is 4.21. The number of hydrogen-bond acceptors (Lipinski definition) is 2. The SMILES string of the molecule is NC(c1ccc(Cl)cc1)c1cscc1Br. The molecule has 0 amide bonds. The molecule has 0 saturated carbocycles. The largest absolute Gasteiger partial charge is 0.320 e. The number of hydrogen-bond donors (Lipinski definition) is 1. The summed E-state index contributed by atoms with van der Waals surface area (Å²) in [7, 11) is 0. The van der Waals surface area contributed by atoms with E-state index in [1.54, 1.807) is 11.3 Å². The van der Waals surface area contributed by atoms with Crippen LogP contribution in [-0.2, 0) is 0 Å². The van der Waals surface area contributed by atoms with Gasteiger partial charge < -0.3 is 5.73 Å². The van der Waals surface area contributed by atoms with Crippen molar-refractivity contribution in [2.45, 2.75) is 6.04 Å². The number of thiophene rings is 1. The van der Waals surface area contributed by atoms with Gasteiger partial charge in [0.05, 0.1) is 6.04 Å². The molecule has 2 aromatic rings. The Kier molecular flexibility index (Phi) is 3.46. The summed E-state index contributed by atoms with van der Waals surface area (Å²) in [5, 5.41) is 4.82. The molecule has 1 nitrogen and oxygen atoms in total. The summed E-state index contributed by atoms with van der Waals surface area (Å²) >= 11 is 10.9. The molecular weight excluding hydrogens is 294 g/mol. The van der Waals surface area contributed by atoms with E-state index in [1.807, 2.05) is 29.6 Å². The van der Waals surface area contributed by atoms with Crippen LogP contribution in [-0.4, -0.2) is 0 Å². The van der Waals surface area contributed by atoms with E-state index in [0.29, 0.717) is 0 Å². The molecule has 0 bridgehead atoms. The Morgan fingerprint density at radius 3 is 2.40 bits per heavy atom. The molecule has 0 aliphatic rings. The highest BCUT2D eigenvalue weighted by atomic mass is 79.9. The molecule has 0 spiro atoms. The smallest absolute Gasteiger partial charge is 0.0571 e. The fourth-order valence-electron chi connectivity index (χ4n) is 1.36. The molecule has 4 heteroatoms. The van der Waals surface area contributed by atoms with E-state index < -0.39 is 0 Å². The summed E-state index contributed by atoms with van der Waals surface area (Å²) < 4.78 is 1.06. The Hall–Kier alpha value is -0.350. The summed E-state index contributed by atoms with van der Waals surface area (Å²) in [4.78, 5) is 0. The Morgan fingerprint density at radius 1 is 1.20 bits per heavy atom. The van der Waals surface area contributed by atoms with Crippen LogP contribution in [0.2, 0.25) is 5.02 Å². The molecule has 1 heterocycles. The Bertz CT molecular complexity index is 452. The molecular formula is C11H9BrClNS. The molecule has 78 valence electrons. The Labute approximate surface area is 106 Å². The zero-order chi connectivity index (χ0) is 10.8. The van der Waals surface area contributed by atoms with E-state index in [4.69, 9.17) is 17.3 Å². The molecule has 1 atom stereocenters. The van der Waals surface area contributed by atoms with Crippen LogP contribution in [0, 0.1) is 0 Å². The van der Waals surface area contributed by atoms with Gasteiger partial charge in [-0.05, 0) is 44.6 Å². The lowest BCUT2D eigenvalue weighted by Gasteiger charge is -2.11. The zero-order valence-electron chi connectivity index (χ0n) is 7.78. The quantitative estimate of drug-likeness (QED) is 0.883. The minimum atomic E-state index is -0.0945. The first-order valence-electron chi connectivity index (χ1n) is 4.41. The van der Waals surface area contributed by atoms with Crippen LogP contribution in [0.25, 0.3) is 0 Å². The number of nitrogens with two attached hydrogens (primary N) is 1. The van der Waals surface area contributed by atoms with Crippen LogP contribution in [0.1, 0.15) is 17.2 Å². The molecule has 0 saturated heterocycles. The summed E-state index contributed by atoms with van der Waals surface area (Å²) in [6.45, 7) is 0. The summed E-state index contributed by atoms with van der Waals surface area (Å²) in [6.07, 6.45) is 0. The molecule has 1 unspecified atom stereocenters. The first-order chi connectivity index (χ1) is 7.18. The van der Waals surface area contributed by atoms with E-state index in [9.17, 15) is 0 Å². The predicted molar refractivity (Wildman–Crippen MR) is 69.5 cm³/mol. The molecule has 0 aliphatic carbocycles. The lowest BCUT2D eigenvalue weighted by molar-refractivity contribution is 0.872. The second-order valence-corrected chi connectivity index (χ2v) is 5.24. The van der Waals surface area contributed by atoms with Crippen molar-refractivity contribution < 1.29 is 0 Å². The summed E-state index contributed by atoms with van der Waals surface area (Å²) in [6, 6.07) is 7.53. The van der Waals surface area contributed by atoms with Crippen molar-refractivity contribution in [1.29, 1.82) is 0 Å². The maximum atomic E-state index is 6.15. The minimum absolute atomic E-state index is 0.0945.